The van der Waals surface area contributed by atoms with Gasteiger partial charge in [0.25, 0.3) is 0 Å². The van der Waals surface area contributed by atoms with Gasteiger partial charge in [-0.2, -0.15) is 9.61 Å². The lowest BCUT2D eigenvalue weighted by molar-refractivity contribution is -0.113. The highest BCUT2D eigenvalue weighted by molar-refractivity contribution is 7.99. The summed E-state index contributed by atoms with van der Waals surface area (Å²) < 4.78 is 3.21. The molecule has 0 aliphatic heterocycles. The van der Waals surface area contributed by atoms with Gasteiger partial charge in [0.2, 0.25) is 11.1 Å². The molecule has 0 saturated carbocycles. The van der Waals surface area contributed by atoms with E-state index in [1.807, 2.05) is 48.5 Å². The van der Waals surface area contributed by atoms with E-state index in [-0.39, 0.29) is 11.7 Å². The Morgan fingerprint density at radius 1 is 1.03 bits per heavy atom. The molecule has 0 spiro atoms. The molecular weight excluding hydrogens is 428 g/mol. The lowest BCUT2D eigenvalue weighted by Crippen LogP contribution is -2.14. The molecule has 4 heterocycles. The number of rotatable bonds is 6. The number of nitrogens with zero attached hydrogens (tertiary/aromatic N) is 9. The fourth-order valence-electron chi connectivity index (χ4n) is 3.01. The summed E-state index contributed by atoms with van der Waals surface area (Å²) >= 11 is 1.27. The highest BCUT2D eigenvalue weighted by Crippen LogP contribution is 2.22. The number of amides is 1. The van der Waals surface area contributed by atoms with E-state index in [1.165, 1.54) is 16.4 Å². The molecule has 5 aromatic rings. The number of fused-ring (bicyclic) bond motifs is 1. The van der Waals surface area contributed by atoms with Crippen LogP contribution in [0.15, 0.2) is 66.1 Å². The third kappa shape index (κ3) is 4.03. The first kappa shape index (κ1) is 19.8. The maximum atomic E-state index is 12.2. The zero-order valence-electron chi connectivity index (χ0n) is 16.8. The first-order chi connectivity index (χ1) is 15.7. The number of hydrogen-bond acceptors (Lipinski definition) is 9. The number of aromatic nitrogens is 9. The number of thioether (sulfide) groups is 1. The standard InChI is InChI=1S/C20H16N10OS/c1-29-20(25-27-28-29)32-12-18(31)22-15-6-4-13(5-7-15)16-8-9-17-23-24-19(30(17)26-16)14-3-2-10-21-11-14/h2-11H,12H2,1H3,(H,22,31). The summed E-state index contributed by atoms with van der Waals surface area (Å²) in [4.78, 5) is 16.4. The van der Waals surface area contributed by atoms with Gasteiger partial charge in [0.05, 0.1) is 11.4 Å². The van der Waals surface area contributed by atoms with E-state index in [0.717, 1.165) is 16.8 Å². The van der Waals surface area contributed by atoms with E-state index in [1.54, 1.807) is 24.0 Å². The Balaban J connectivity index is 1.31. The van der Waals surface area contributed by atoms with Crippen LogP contribution < -0.4 is 5.32 Å². The molecule has 1 N–H and O–H groups in total. The maximum absolute atomic E-state index is 12.2. The minimum Gasteiger partial charge on any atom is -0.325 e. The lowest BCUT2D eigenvalue weighted by Gasteiger charge is -2.07. The molecule has 0 atom stereocenters. The predicted molar refractivity (Wildman–Crippen MR) is 118 cm³/mol. The van der Waals surface area contributed by atoms with E-state index in [0.29, 0.717) is 22.3 Å². The summed E-state index contributed by atoms with van der Waals surface area (Å²) in [5.74, 6) is 0.684. The van der Waals surface area contributed by atoms with Gasteiger partial charge in [0, 0.05) is 36.3 Å². The van der Waals surface area contributed by atoms with E-state index in [9.17, 15) is 4.79 Å². The van der Waals surface area contributed by atoms with E-state index >= 15 is 0 Å². The highest BCUT2D eigenvalue weighted by Gasteiger charge is 2.12. The normalized spacial score (nSPS) is 11.0. The fraction of sp³-hybridized carbons (Fsp3) is 0.100. The van der Waals surface area contributed by atoms with Crippen LogP contribution in [0.1, 0.15) is 0 Å². The monoisotopic (exact) mass is 444 g/mol. The third-order valence-corrected chi connectivity index (χ3v) is 5.57. The van der Waals surface area contributed by atoms with Gasteiger partial charge in [-0.1, -0.05) is 23.9 Å². The minimum absolute atomic E-state index is 0.143. The topological polar surface area (TPSA) is 129 Å². The Kier molecular flexibility index (Phi) is 5.25. The number of tetrazole rings is 1. The molecule has 32 heavy (non-hydrogen) atoms. The van der Waals surface area contributed by atoms with E-state index in [4.69, 9.17) is 5.10 Å². The van der Waals surface area contributed by atoms with Crippen LogP contribution in [0.3, 0.4) is 0 Å². The van der Waals surface area contributed by atoms with Crippen molar-refractivity contribution < 1.29 is 4.79 Å². The van der Waals surface area contributed by atoms with E-state index in [2.05, 4.69) is 36.0 Å². The number of aryl methyl sites for hydroxylation is 1. The Morgan fingerprint density at radius 2 is 1.91 bits per heavy atom. The molecule has 1 amide bonds. The van der Waals surface area contributed by atoms with Crippen molar-refractivity contribution in [2.45, 2.75) is 5.16 Å². The average molecular weight is 444 g/mol. The molecule has 1 aromatic carbocycles. The van der Waals surface area contributed by atoms with Crippen LogP contribution >= 0.6 is 11.8 Å². The second kappa shape index (κ2) is 8.51. The van der Waals surface area contributed by atoms with Crippen LogP contribution in [0.2, 0.25) is 0 Å². The van der Waals surface area contributed by atoms with Crippen LogP contribution in [0, 0.1) is 0 Å². The van der Waals surface area contributed by atoms with Crippen LogP contribution in [0.25, 0.3) is 28.3 Å². The van der Waals surface area contributed by atoms with Crippen LogP contribution in [0.4, 0.5) is 5.69 Å². The number of carbonyl (C=O) groups is 1. The smallest absolute Gasteiger partial charge is 0.234 e. The molecule has 5 rings (SSSR count). The summed E-state index contributed by atoms with van der Waals surface area (Å²) in [6.07, 6.45) is 3.43. The number of benzene rings is 1. The fourth-order valence-corrected chi connectivity index (χ4v) is 3.66. The molecule has 12 heteroatoms. The van der Waals surface area contributed by atoms with Gasteiger partial charge in [0.1, 0.15) is 0 Å². The molecule has 0 radical (unpaired) electrons. The molecule has 0 aliphatic carbocycles. The summed E-state index contributed by atoms with van der Waals surface area (Å²) in [6.45, 7) is 0. The lowest BCUT2D eigenvalue weighted by atomic mass is 10.1. The predicted octanol–water partition coefficient (Wildman–Crippen LogP) is 2.11. The molecule has 4 aromatic heterocycles. The van der Waals surface area contributed by atoms with Gasteiger partial charge in [-0.15, -0.1) is 15.3 Å². The van der Waals surface area contributed by atoms with Crippen molar-refractivity contribution in [2.24, 2.45) is 7.05 Å². The molecule has 11 nitrogen and oxygen atoms in total. The zero-order chi connectivity index (χ0) is 21.9. The van der Waals surface area contributed by atoms with Gasteiger partial charge in [0.15, 0.2) is 11.5 Å². The van der Waals surface area contributed by atoms with Crippen molar-refractivity contribution in [3.63, 3.8) is 0 Å². The maximum Gasteiger partial charge on any atom is 0.234 e. The molecule has 0 aliphatic rings. The Bertz CT molecular complexity index is 1380. The van der Waals surface area contributed by atoms with Crippen molar-refractivity contribution in [3.8, 4) is 22.6 Å². The summed E-state index contributed by atoms with van der Waals surface area (Å²) in [5, 5.41) is 27.7. The van der Waals surface area contributed by atoms with Crippen LogP contribution in [-0.4, -0.2) is 56.7 Å². The number of nitrogens with one attached hydrogen (secondary N) is 1. The number of hydrogen-bond donors (Lipinski definition) is 1. The Labute approximate surface area is 185 Å². The van der Waals surface area contributed by atoms with Crippen molar-refractivity contribution in [3.05, 3.63) is 60.9 Å². The third-order valence-electron chi connectivity index (χ3n) is 4.56. The molecule has 0 saturated heterocycles. The quantitative estimate of drug-likeness (QED) is 0.391. The summed E-state index contributed by atoms with van der Waals surface area (Å²) in [5.41, 5.74) is 3.82. The first-order valence-electron chi connectivity index (χ1n) is 9.56. The van der Waals surface area contributed by atoms with Crippen LogP contribution in [-0.2, 0) is 11.8 Å². The van der Waals surface area contributed by atoms with Crippen LogP contribution in [0.5, 0.6) is 0 Å². The second-order valence-corrected chi connectivity index (χ2v) is 7.70. The van der Waals surface area contributed by atoms with Crippen molar-refractivity contribution in [2.75, 3.05) is 11.1 Å². The zero-order valence-corrected chi connectivity index (χ0v) is 17.6. The Morgan fingerprint density at radius 3 is 2.66 bits per heavy atom. The molecule has 158 valence electrons. The number of pyridine rings is 1. The van der Waals surface area contributed by atoms with Crippen molar-refractivity contribution >= 4 is 29.0 Å². The van der Waals surface area contributed by atoms with Gasteiger partial charge in [-0.25, -0.2) is 4.68 Å². The first-order valence-corrected chi connectivity index (χ1v) is 10.5. The van der Waals surface area contributed by atoms with Gasteiger partial charge in [-0.3, -0.25) is 9.78 Å². The average Bonchev–Trinajstić information content (AvgIpc) is 3.44. The van der Waals surface area contributed by atoms with E-state index < -0.39 is 0 Å². The molecule has 0 bridgehead atoms. The highest BCUT2D eigenvalue weighted by atomic mass is 32.2. The number of anilines is 1. The van der Waals surface area contributed by atoms with Crippen molar-refractivity contribution in [1.82, 2.24) is 45.0 Å². The molecule has 0 unspecified atom stereocenters. The number of carbonyl (C=O) groups excluding carboxylic acids is 1. The van der Waals surface area contributed by atoms with Crippen molar-refractivity contribution in [1.29, 1.82) is 0 Å². The Hall–Kier alpha value is -4.19. The largest absolute Gasteiger partial charge is 0.325 e. The SMILES string of the molecule is Cn1nnnc1SCC(=O)Nc1ccc(-c2ccc3nnc(-c4cccnc4)n3n2)cc1. The molecular formula is C20H16N10OS. The second-order valence-electron chi connectivity index (χ2n) is 6.75. The van der Waals surface area contributed by atoms with Gasteiger partial charge >= 0.3 is 0 Å². The summed E-state index contributed by atoms with van der Waals surface area (Å²) in [7, 11) is 1.73. The minimum atomic E-state index is -0.143. The van der Waals surface area contributed by atoms with Gasteiger partial charge in [-0.05, 0) is 46.8 Å². The molecule has 0 fully saturated rings. The summed E-state index contributed by atoms with van der Waals surface area (Å²) in [6, 6.07) is 15.0. The van der Waals surface area contributed by atoms with Gasteiger partial charge < -0.3 is 5.32 Å².